The minimum atomic E-state index is -0.388. The lowest BCUT2D eigenvalue weighted by molar-refractivity contribution is -0.773. The highest BCUT2D eigenvalue weighted by atomic mass is 32.1. The van der Waals surface area contributed by atoms with E-state index in [-0.39, 0.29) is 7.12 Å². The van der Waals surface area contributed by atoms with Gasteiger partial charge in [-0.3, -0.25) is 9.13 Å². The molecule has 0 unspecified atom stereocenters. The highest BCUT2D eigenvalue weighted by molar-refractivity contribution is 7.83. The summed E-state index contributed by atoms with van der Waals surface area (Å²) in [5, 5.41) is 0.762. The van der Waals surface area contributed by atoms with Gasteiger partial charge in [0.2, 0.25) is 0 Å². The van der Waals surface area contributed by atoms with Gasteiger partial charge in [-0.1, -0.05) is 49.0 Å². The van der Waals surface area contributed by atoms with Gasteiger partial charge in [-0.05, 0) is 48.9 Å². The molecule has 3 heterocycles. The topological polar surface area (TPSA) is 24.1 Å². The molecule has 0 bridgehead atoms. The summed E-state index contributed by atoms with van der Waals surface area (Å²) in [7, 11) is -0.388. The van der Waals surface area contributed by atoms with E-state index in [1.165, 1.54) is 0 Å². The SMILES string of the molecule is S=c1n([B-](N2C=CN(c3ccccc3)[C]2S)[n+]2cc[n+]([C-]3C=CCC=C3)[c-]2S)ccn1-c1ccccc1. The zero-order chi connectivity index (χ0) is 25.4. The van der Waals surface area contributed by atoms with Crippen LogP contribution in [0.2, 0.25) is 0 Å². The van der Waals surface area contributed by atoms with Gasteiger partial charge >= 0.3 is 12.3 Å². The van der Waals surface area contributed by atoms with Crippen LogP contribution >= 0.6 is 37.5 Å². The van der Waals surface area contributed by atoms with Crippen LogP contribution in [-0.2, 0) is 0 Å². The van der Waals surface area contributed by atoms with Gasteiger partial charge < -0.3 is 18.7 Å². The van der Waals surface area contributed by atoms with Crippen LogP contribution in [-0.4, -0.2) is 21.0 Å². The number of nitrogens with zero attached hydrogens (tertiary/aromatic N) is 6. The molecule has 1 aliphatic carbocycles. The number of hydrogen-bond acceptors (Lipinski definition) is 5. The molecular weight excluding hydrogens is 515 g/mol. The van der Waals surface area contributed by atoms with Gasteiger partial charge in [-0.15, -0.1) is 31.2 Å². The van der Waals surface area contributed by atoms with Crippen molar-refractivity contribution in [2.45, 2.75) is 11.6 Å². The van der Waals surface area contributed by atoms with Gasteiger partial charge in [0.25, 0.3) is 0 Å². The predicted molar refractivity (Wildman–Crippen MR) is 154 cm³/mol. The fraction of sp³-hybridized carbons (Fsp3) is 0.0370. The van der Waals surface area contributed by atoms with Crippen LogP contribution in [0.15, 0.2) is 127 Å². The molecule has 0 saturated heterocycles. The quantitative estimate of drug-likeness (QED) is 0.124. The van der Waals surface area contributed by atoms with E-state index in [1.54, 1.807) is 0 Å². The second-order valence-electron chi connectivity index (χ2n) is 8.59. The summed E-state index contributed by atoms with van der Waals surface area (Å²) in [6, 6.07) is 21.3. The average Bonchev–Trinajstić information content (AvgIpc) is 3.64. The smallest absolute Gasteiger partial charge is 0.449 e. The van der Waals surface area contributed by atoms with Crippen LogP contribution in [0.3, 0.4) is 0 Å². The Morgan fingerprint density at radius 3 is 2.24 bits per heavy atom. The first-order valence-corrected chi connectivity index (χ1v) is 13.2. The van der Waals surface area contributed by atoms with E-state index in [9.17, 15) is 0 Å². The maximum absolute atomic E-state index is 6.01. The molecule has 0 saturated carbocycles. The standard InChI is InChI=1S/C27H24BN6S3/c35-25-29(22-10-4-1-5-11-22)16-19-32(25)28(33-20-17-30(26(33)36)23-12-6-2-7-13-23)34-21-18-31(27(34)37)24-14-8-3-9-15-24/h1-2,4-21,35,37H,3H2/q-1. The molecule has 0 fully saturated rings. The number of allylic oxidation sites excluding steroid dienone is 4. The largest absolute Gasteiger partial charge is 0.457 e. The van der Waals surface area contributed by atoms with Crippen LogP contribution < -0.4 is 13.9 Å². The summed E-state index contributed by atoms with van der Waals surface area (Å²) in [6.07, 6.45) is 21.5. The molecule has 6 rings (SSSR count). The number of benzene rings is 2. The van der Waals surface area contributed by atoms with Gasteiger partial charge in [0, 0.05) is 23.8 Å². The zero-order valence-electron chi connectivity index (χ0n) is 19.8. The Bertz CT molecular complexity index is 1530. The molecular formula is C27H24BN6S3-. The summed E-state index contributed by atoms with van der Waals surface area (Å²) in [4.78, 5) is 4.13. The third-order valence-electron chi connectivity index (χ3n) is 6.39. The second-order valence-corrected chi connectivity index (χ2v) is 9.76. The molecule has 4 aromatic rings. The van der Waals surface area contributed by atoms with E-state index in [0.717, 1.165) is 34.5 Å². The Balaban J connectivity index is 1.45. The molecule has 0 amide bonds. The first kappa shape index (κ1) is 23.9. The molecule has 0 N–H and O–H groups in total. The lowest BCUT2D eigenvalue weighted by atomic mass is 9.90. The molecule has 2 aromatic heterocycles. The van der Waals surface area contributed by atoms with Crippen LogP contribution in [0.1, 0.15) is 6.42 Å². The zero-order valence-corrected chi connectivity index (χ0v) is 22.4. The Morgan fingerprint density at radius 1 is 0.865 bits per heavy atom. The van der Waals surface area contributed by atoms with Gasteiger partial charge in [-0.2, -0.15) is 0 Å². The first-order chi connectivity index (χ1) is 18.1. The number of para-hydroxylation sites is 2. The van der Waals surface area contributed by atoms with E-state index >= 15 is 0 Å². The summed E-state index contributed by atoms with van der Waals surface area (Å²) in [5.41, 5.74) is 2.78. The Hall–Kier alpha value is -3.47. The van der Waals surface area contributed by atoms with Crippen molar-refractivity contribution in [3.63, 3.8) is 0 Å². The molecule has 10 heteroatoms. The van der Waals surface area contributed by atoms with Crippen molar-refractivity contribution in [1.29, 1.82) is 0 Å². The molecule has 1 aliphatic heterocycles. The lowest BCUT2D eigenvalue weighted by Crippen LogP contribution is -2.66. The average molecular weight is 540 g/mol. The number of anilines is 1. The molecule has 2 aliphatic rings. The van der Waals surface area contributed by atoms with Crippen molar-refractivity contribution in [1.82, 2.24) is 13.9 Å². The lowest BCUT2D eigenvalue weighted by Gasteiger charge is -2.37. The van der Waals surface area contributed by atoms with Crippen molar-refractivity contribution in [2.24, 2.45) is 0 Å². The molecule has 184 valence electrons. The van der Waals surface area contributed by atoms with Crippen LogP contribution in [0.4, 0.5) is 5.69 Å². The number of thiol groups is 2. The van der Waals surface area contributed by atoms with Crippen molar-refractivity contribution in [3.8, 4) is 5.69 Å². The molecule has 6 nitrogen and oxygen atoms in total. The van der Waals surface area contributed by atoms with E-state index in [4.69, 9.17) is 37.5 Å². The van der Waals surface area contributed by atoms with Crippen molar-refractivity contribution >= 4 is 50.3 Å². The summed E-state index contributed by atoms with van der Waals surface area (Å²) in [6.45, 7) is 0. The summed E-state index contributed by atoms with van der Waals surface area (Å²) in [5.74, 6) is 0. The number of hydrogen-bond donors (Lipinski definition) is 2. The van der Waals surface area contributed by atoms with Gasteiger partial charge in [0.15, 0.2) is 5.50 Å². The van der Waals surface area contributed by atoms with Gasteiger partial charge in [0.1, 0.15) is 17.2 Å². The van der Waals surface area contributed by atoms with Crippen LogP contribution in [0.25, 0.3) is 5.69 Å². The first-order valence-electron chi connectivity index (χ1n) is 11.9. The van der Waals surface area contributed by atoms with Crippen molar-refractivity contribution < 1.29 is 9.05 Å². The molecule has 0 atom stereocenters. The Labute approximate surface area is 233 Å². The number of rotatable bonds is 6. The molecule has 2 aromatic carbocycles. The third-order valence-corrected chi connectivity index (χ3v) is 7.69. The van der Waals surface area contributed by atoms with E-state index in [2.05, 4.69) is 54.8 Å². The predicted octanol–water partition coefficient (Wildman–Crippen LogP) is 4.54. The highest BCUT2D eigenvalue weighted by Gasteiger charge is 2.35. The number of aromatic nitrogens is 4. The van der Waals surface area contributed by atoms with E-state index < -0.39 is 0 Å². The summed E-state index contributed by atoms with van der Waals surface area (Å²) >= 11 is 15.9. The van der Waals surface area contributed by atoms with Gasteiger partial charge in [-0.25, -0.2) is 12.2 Å². The van der Waals surface area contributed by atoms with Crippen LogP contribution in [0.5, 0.6) is 0 Å². The fourth-order valence-electron chi connectivity index (χ4n) is 4.57. The normalized spacial score (nSPS) is 15.5. The molecule has 2 radical (unpaired) electrons. The molecule has 0 spiro atoms. The maximum atomic E-state index is 6.01. The maximum Gasteiger partial charge on any atom is 0.449 e. The Morgan fingerprint density at radius 2 is 1.54 bits per heavy atom. The highest BCUT2D eigenvalue weighted by Crippen LogP contribution is 2.32. The molecule has 37 heavy (non-hydrogen) atoms. The van der Waals surface area contributed by atoms with E-state index in [0.29, 0.717) is 4.77 Å². The third kappa shape index (κ3) is 4.35. The summed E-state index contributed by atoms with van der Waals surface area (Å²) < 4.78 is 8.87. The fourth-order valence-corrected chi connectivity index (χ4v) is 5.60. The monoisotopic (exact) mass is 539 g/mol. The van der Waals surface area contributed by atoms with Gasteiger partial charge in [0.05, 0.1) is 6.04 Å². The minimum Gasteiger partial charge on any atom is -0.457 e. The minimum absolute atomic E-state index is 0.388. The van der Waals surface area contributed by atoms with Crippen molar-refractivity contribution in [2.75, 3.05) is 4.90 Å². The second kappa shape index (κ2) is 10.1. The Kier molecular flexibility index (Phi) is 6.54. The van der Waals surface area contributed by atoms with Crippen molar-refractivity contribution in [3.05, 3.63) is 138 Å². The van der Waals surface area contributed by atoms with Crippen LogP contribution in [0, 0.1) is 16.3 Å². The number of imidazole rings is 2. The van der Waals surface area contributed by atoms with E-state index in [1.807, 2.05) is 95.2 Å².